The molecule has 0 saturated heterocycles. The summed E-state index contributed by atoms with van der Waals surface area (Å²) in [6.07, 6.45) is 0. The number of hydrogen-bond acceptors (Lipinski definition) is 4. The van der Waals surface area contributed by atoms with E-state index >= 15 is 0 Å². The maximum atomic E-state index is 11.4. The molecule has 1 rings (SSSR count). The Morgan fingerprint density at radius 2 is 1.74 bits per heavy atom. The van der Waals surface area contributed by atoms with E-state index in [9.17, 15) is 4.79 Å². The van der Waals surface area contributed by atoms with Gasteiger partial charge in [-0.1, -0.05) is 13.8 Å². The van der Waals surface area contributed by atoms with Crippen molar-refractivity contribution in [3.63, 3.8) is 0 Å². The van der Waals surface area contributed by atoms with Crippen LogP contribution in [0.25, 0.3) is 0 Å². The van der Waals surface area contributed by atoms with Crippen molar-refractivity contribution in [2.24, 2.45) is 0 Å². The number of methoxy groups -OCH3 is 2. The Hall–Kier alpha value is -1.59. The molecule has 5 nitrogen and oxygen atoms in total. The average Bonchev–Trinajstić information content (AvgIpc) is 2.46. The summed E-state index contributed by atoms with van der Waals surface area (Å²) < 4.78 is 14.9. The highest BCUT2D eigenvalue weighted by Crippen LogP contribution is 2.14. The molecule has 0 aliphatic carbocycles. The van der Waals surface area contributed by atoms with Crippen molar-refractivity contribution in [1.82, 2.24) is 0 Å². The lowest BCUT2D eigenvalue weighted by Gasteiger charge is -2.06. The van der Waals surface area contributed by atoms with Gasteiger partial charge in [0.05, 0.1) is 20.3 Å². The van der Waals surface area contributed by atoms with Crippen LogP contribution in [0.15, 0.2) is 24.3 Å². The van der Waals surface area contributed by atoms with Crippen LogP contribution in [0, 0.1) is 0 Å². The van der Waals surface area contributed by atoms with Crippen LogP contribution in [0.1, 0.15) is 13.8 Å². The Morgan fingerprint density at radius 1 is 1.11 bits per heavy atom. The zero-order valence-electron chi connectivity index (χ0n) is 12.1. The predicted octanol–water partition coefficient (Wildman–Crippen LogP) is 2.32. The van der Waals surface area contributed by atoms with Crippen molar-refractivity contribution >= 4 is 11.6 Å². The molecule has 0 aliphatic rings. The number of amides is 1. The fourth-order valence-electron chi connectivity index (χ4n) is 1.18. The summed E-state index contributed by atoms with van der Waals surface area (Å²) in [6.45, 7) is 4.91. The van der Waals surface area contributed by atoms with Gasteiger partial charge >= 0.3 is 0 Å². The summed E-state index contributed by atoms with van der Waals surface area (Å²) in [5.41, 5.74) is 0.714. The summed E-state index contributed by atoms with van der Waals surface area (Å²) in [5.74, 6) is 0.561. The molecule has 0 fully saturated rings. The van der Waals surface area contributed by atoms with E-state index in [-0.39, 0.29) is 12.5 Å². The van der Waals surface area contributed by atoms with E-state index in [0.717, 1.165) is 5.75 Å². The van der Waals surface area contributed by atoms with Crippen molar-refractivity contribution in [1.29, 1.82) is 0 Å². The topological polar surface area (TPSA) is 56.8 Å². The van der Waals surface area contributed by atoms with E-state index in [1.807, 2.05) is 13.8 Å². The minimum absolute atomic E-state index is 0.0232. The number of benzene rings is 1. The first kappa shape index (κ1) is 17.4. The highest BCUT2D eigenvalue weighted by Gasteiger charge is 2.02. The zero-order valence-corrected chi connectivity index (χ0v) is 12.1. The first-order chi connectivity index (χ1) is 9.26. The zero-order chi connectivity index (χ0) is 14.5. The number of ether oxygens (including phenoxy) is 3. The van der Waals surface area contributed by atoms with Gasteiger partial charge in [-0.2, -0.15) is 0 Å². The van der Waals surface area contributed by atoms with E-state index in [1.165, 1.54) is 0 Å². The number of hydrogen-bond donors (Lipinski definition) is 1. The van der Waals surface area contributed by atoms with E-state index in [1.54, 1.807) is 38.5 Å². The van der Waals surface area contributed by atoms with Gasteiger partial charge in [-0.15, -0.1) is 0 Å². The third kappa shape index (κ3) is 8.18. The van der Waals surface area contributed by atoms with Gasteiger partial charge in [-0.05, 0) is 24.3 Å². The van der Waals surface area contributed by atoms with Crippen molar-refractivity contribution in [3.8, 4) is 5.75 Å². The molecular weight excluding hydrogens is 246 g/mol. The number of anilines is 1. The molecule has 0 aromatic heterocycles. The molecular formula is C14H23NO4. The Balaban J connectivity index is 0.00000154. The fraction of sp³-hybridized carbons (Fsp3) is 0.500. The van der Waals surface area contributed by atoms with Crippen molar-refractivity contribution in [3.05, 3.63) is 24.3 Å². The molecule has 1 aromatic carbocycles. The molecule has 0 bridgehead atoms. The number of carbonyl (C=O) groups is 1. The summed E-state index contributed by atoms with van der Waals surface area (Å²) in [4.78, 5) is 11.4. The van der Waals surface area contributed by atoms with Crippen LogP contribution in [-0.2, 0) is 14.3 Å². The van der Waals surface area contributed by atoms with Gasteiger partial charge in [0.1, 0.15) is 12.4 Å². The second-order valence-corrected chi connectivity index (χ2v) is 3.32. The fourth-order valence-corrected chi connectivity index (χ4v) is 1.18. The van der Waals surface area contributed by atoms with Gasteiger partial charge in [0.25, 0.3) is 0 Å². The van der Waals surface area contributed by atoms with E-state index in [4.69, 9.17) is 14.2 Å². The molecule has 0 unspecified atom stereocenters. The maximum absolute atomic E-state index is 11.4. The van der Waals surface area contributed by atoms with E-state index < -0.39 is 0 Å². The molecule has 0 saturated carbocycles. The smallest absolute Gasteiger partial charge is 0.250 e. The SMILES string of the molecule is CC.COCCOCC(=O)Nc1ccc(OC)cc1. The minimum atomic E-state index is -0.189. The molecule has 1 N–H and O–H groups in total. The Kier molecular flexibility index (Phi) is 10.5. The minimum Gasteiger partial charge on any atom is -0.497 e. The van der Waals surface area contributed by atoms with Gasteiger partial charge < -0.3 is 19.5 Å². The van der Waals surface area contributed by atoms with Crippen LogP contribution in [0.3, 0.4) is 0 Å². The Morgan fingerprint density at radius 3 is 2.26 bits per heavy atom. The van der Waals surface area contributed by atoms with Crippen molar-refractivity contribution < 1.29 is 19.0 Å². The average molecular weight is 269 g/mol. The molecule has 1 amide bonds. The van der Waals surface area contributed by atoms with Crippen molar-refractivity contribution in [2.75, 3.05) is 39.4 Å². The van der Waals surface area contributed by atoms with Gasteiger partial charge in [0, 0.05) is 12.8 Å². The normalized spacial score (nSPS) is 9.26. The number of rotatable bonds is 7. The third-order valence-electron chi connectivity index (χ3n) is 2.04. The van der Waals surface area contributed by atoms with E-state index in [0.29, 0.717) is 18.9 Å². The van der Waals surface area contributed by atoms with Crippen LogP contribution in [-0.4, -0.2) is 39.9 Å². The summed E-state index contributed by atoms with van der Waals surface area (Å²) in [6, 6.07) is 7.10. The summed E-state index contributed by atoms with van der Waals surface area (Å²) in [7, 11) is 3.18. The Labute approximate surface area is 114 Å². The van der Waals surface area contributed by atoms with Gasteiger partial charge in [0.2, 0.25) is 5.91 Å². The molecule has 5 heteroatoms. The quantitative estimate of drug-likeness (QED) is 0.772. The van der Waals surface area contributed by atoms with Crippen molar-refractivity contribution in [2.45, 2.75) is 13.8 Å². The monoisotopic (exact) mass is 269 g/mol. The lowest BCUT2D eigenvalue weighted by atomic mass is 10.3. The molecule has 0 heterocycles. The molecule has 0 spiro atoms. The van der Waals surface area contributed by atoms with Crippen LogP contribution in [0.4, 0.5) is 5.69 Å². The highest BCUT2D eigenvalue weighted by molar-refractivity contribution is 5.91. The predicted molar refractivity (Wildman–Crippen MR) is 75.7 cm³/mol. The molecule has 0 atom stereocenters. The first-order valence-corrected chi connectivity index (χ1v) is 6.27. The molecule has 108 valence electrons. The maximum Gasteiger partial charge on any atom is 0.250 e. The molecule has 1 aromatic rings. The lowest BCUT2D eigenvalue weighted by molar-refractivity contribution is -0.121. The first-order valence-electron chi connectivity index (χ1n) is 6.27. The molecule has 0 radical (unpaired) electrons. The molecule has 0 aliphatic heterocycles. The second-order valence-electron chi connectivity index (χ2n) is 3.32. The molecule has 19 heavy (non-hydrogen) atoms. The number of carbonyl (C=O) groups excluding carboxylic acids is 1. The summed E-state index contributed by atoms with van der Waals surface area (Å²) in [5, 5.41) is 2.71. The van der Waals surface area contributed by atoms with Crippen LogP contribution < -0.4 is 10.1 Å². The highest BCUT2D eigenvalue weighted by atomic mass is 16.5. The van der Waals surface area contributed by atoms with Gasteiger partial charge in [-0.25, -0.2) is 0 Å². The largest absolute Gasteiger partial charge is 0.497 e. The standard InChI is InChI=1S/C12H17NO4.C2H6/c1-15-7-8-17-9-12(14)13-10-3-5-11(16-2)6-4-10;1-2/h3-6H,7-9H2,1-2H3,(H,13,14);1-2H3. The summed E-state index contributed by atoms with van der Waals surface area (Å²) >= 11 is 0. The van der Waals surface area contributed by atoms with Gasteiger partial charge in [-0.3, -0.25) is 4.79 Å². The second kappa shape index (κ2) is 11.5. The van der Waals surface area contributed by atoms with Crippen LogP contribution in [0.5, 0.6) is 5.75 Å². The lowest BCUT2D eigenvalue weighted by Crippen LogP contribution is -2.19. The van der Waals surface area contributed by atoms with E-state index in [2.05, 4.69) is 5.32 Å². The van der Waals surface area contributed by atoms with Crippen LogP contribution in [0.2, 0.25) is 0 Å². The number of nitrogens with one attached hydrogen (secondary N) is 1. The van der Waals surface area contributed by atoms with Gasteiger partial charge in [0.15, 0.2) is 0 Å². The Bertz CT molecular complexity index is 338. The third-order valence-corrected chi connectivity index (χ3v) is 2.04. The van der Waals surface area contributed by atoms with Crippen LogP contribution >= 0.6 is 0 Å².